The van der Waals surface area contributed by atoms with Crippen molar-refractivity contribution in [1.82, 2.24) is 10.9 Å². The summed E-state index contributed by atoms with van der Waals surface area (Å²) in [6, 6.07) is 8.76. The molecular formula is C27H42N2O. The lowest BCUT2D eigenvalue weighted by molar-refractivity contribution is -0.122. The average molecular weight is 411 g/mol. The Morgan fingerprint density at radius 2 is 1.63 bits per heavy atom. The molecule has 3 nitrogen and oxygen atoms in total. The highest BCUT2D eigenvalue weighted by Crippen LogP contribution is 2.30. The van der Waals surface area contributed by atoms with E-state index in [1.54, 1.807) is 0 Å². The molecule has 1 aromatic carbocycles. The summed E-state index contributed by atoms with van der Waals surface area (Å²) in [5.74, 6) is 0.116. The topological polar surface area (TPSA) is 41.1 Å². The average Bonchev–Trinajstić information content (AvgIpc) is 3.18. The summed E-state index contributed by atoms with van der Waals surface area (Å²) in [5, 5.41) is 0. The molecule has 0 fully saturated rings. The Labute approximate surface area is 184 Å². The number of rotatable bonds is 16. The summed E-state index contributed by atoms with van der Waals surface area (Å²) in [6.07, 6.45) is 25.3. The second-order valence-corrected chi connectivity index (χ2v) is 8.46. The third-order valence-electron chi connectivity index (χ3n) is 5.87. The van der Waals surface area contributed by atoms with Gasteiger partial charge in [-0.2, -0.15) is 0 Å². The van der Waals surface area contributed by atoms with Gasteiger partial charge in [0.1, 0.15) is 0 Å². The van der Waals surface area contributed by atoms with Crippen LogP contribution in [0.1, 0.15) is 108 Å². The maximum Gasteiger partial charge on any atom is 0.234 e. The maximum absolute atomic E-state index is 12.1. The van der Waals surface area contributed by atoms with Crippen molar-refractivity contribution >= 4 is 5.91 Å². The molecule has 1 aliphatic rings. The van der Waals surface area contributed by atoms with Gasteiger partial charge < -0.3 is 0 Å². The summed E-state index contributed by atoms with van der Waals surface area (Å²) < 4.78 is 0. The van der Waals surface area contributed by atoms with E-state index in [2.05, 4.69) is 66.3 Å². The molecule has 2 N–H and O–H groups in total. The lowest BCUT2D eigenvalue weighted by atomic mass is 10.1. The Kier molecular flexibility index (Phi) is 12.9. The molecule has 0 radical (unpaired) electrons. The molecule has 0 saturated heterocycles. The van der Waals surface area contributed by atoms with E-state index in [1.807, 2.05) is 0 Å². The monoisotopic (exact) mass is 410 g/mol. The van der Waals surface area contributed by atoms with Crippen molar-refractivity contribution in [2.24, 2.45) is 0 Å². The highest BCUT2D eigenvalue weighted by molar-refractivity contribution is 5.75. The molecule has 1 unspecified atom stereocenters. The third-order valence-corrected chi connectivity index (χ3v) is 5.87. The molecule has 0 saturated carbocycles. The number of amides is 1. The number of hydrazine groups is 1. The predicted octanol–water partition coefficient (Wildman–Crippen LogP) is 7.11. The minimum absolute atomic E-state index is 0.116. The van der Waals surface area contributed by atoms with Gasteiger partial charge in [0, 0.05) is 6.42 Å². The molecule has 1 aromatic rings. The number of fused-ring (bicyclic) bond motifs is 1. The minimum Gasteiger partial charge on any atom is -0.291 e. The fraction of sp³-hybridized carbons (Fsp3) is 0.593. The number of aryl methyl sites for hydroxylation is 1. The summed E-state index contributed by atoms with van der Waals surface area (Å²) in [7, 11) is 0. The van der Waals surface area contributed by atoms with Crippen molar-refractivity contribution in [1.29, 1.82) is 0 Å². The molecule has 0 bridgehead atoms. The zero-order chi connectivity index (χ0) is 21.3. The molecule has 1 aliphatic carbocycles. The van der Waals surface area contributed by atoms with Crippen molar-refractivity contribution < 1.29 is 4.79 Å². The van der Waals surface area contributed by atoms with Crippen LogP contribution in [-0.4, -0.2) is 5.91 Å². The molecule has 30 heavy (non-hydrogen) atoms. The summed E-state index contributed by atoms with van der Waals surface area (Å²) in [5.41, 5.74) is 8.87. The number of benzene rings is 1. The van der Waals surface area contributed by atoms with E-state index in [4.69, 9.17) is 0 Å². The van der Waals surface area contributed by atoms with Crippen LogP contribution >= 0.6 is 0 Å². The van der Waals surface area contributed by atoms with E-state index >= 15 is 0 Å². The number of unbranched alkanes of at least 4 members (excludes halogenated alkanes) is 8. The second-order valence-electron chi connectivity index (χ2n) is 8.46. The summed E-state index contributed by atoms with van der Waals surface area (Å²) in [6.45, 7) is 2.25. The Morgan fingerprint density at radius 1 is 0.933 bits per heavy atom. The van der Waals surface area contributed by atoms with Gasteiger partial charge in [-0.15, -0.1) is 0 Å². The van der Waals surface area contributed by atoms with Crippen molar-refractivity contribution in [2.45, 2.75) is 103 Å². The molecule has 0 heterocycles. The minimum atomic E-state index is 0.116. The number of carbonyl (C=O) groups is 1. The van der Waals surface area contributed by atoms with Crippen LogP contribution in [0.4, 0.5) is 0 Å². The van der Waals surface area contributed by atoms with E-state index in [9.17, 15) is 4.79 Å². The van der Waals surface area contributed by atoms with E-state index in [-0.39, 0.29) is 11.9 Å². The molecule has 166 valence electrons. The molecule has 2 rings (SSSR count). The fourth-order valence-electron chi connectivity index (χ4n) is 4.03. The Morgan fingerprint density at radius 3 is 2.43 bits per heavy atom. The first-order chi connectivity index (χ1) is 14.8. The van der Waals surface area contributed by atoms with Crippen LogP contribution in [-0.2, 0) is 11.2 Å². The maximum atomic E-state index is 12.1. The highest BCUT2D eigenvalue weighted by atomic mass is 16.2. The number of allylic oxidation sites excluding steroid dienone is 4. The molecule has 3 heteroatoms. The normalized spacial score (nSPS) is 15.8. The quantitative estimate of drug-likeness (QED) is 0.173. The predicted molar refractivity (Wildman–Crippen MR) is 128 cm³/mol. The van der Waals surface area contributed by atoms with Gasteiger partial charge in [-0.1, -0.05) is 87.6 Å². The second kappa shape index (κ2) is 15.9. The third kappa shape index (κ3) is 10.2. The van der Waals surface area contributed by atoms with Gasteiger partial charge >= 0.3 is 0 Å². The largest absolute Gasteiger partial charge is 0.291 e. The van der Waals surface area contributed by atoms with Crippen molar-refractivity contribution in [3.05, 3.63) is 59.7 Å². The molecular weight excluding hydrogens is 368 g/mol. The molecule has 0 spiro atoms. The van der Waals surface area contributed by atoms with E-state index in [0.29, 0.717) is 6.42 Å². The van der Waals surface area contributed by atoms with E-state index < -0.39 is 0 Å². The first-order valence-electron chi connectivity index (χ1n) is 12.2. The van der Waals surface area contributed by atoms with Gasteiger partial charge in [-0.3, -0.25) is 10.2 Å². The molecule has 1 amide bonds. The Balaban J connectivity index is 1.38. The molecule has 1 atom stereocenters. The number of hydrogen-bond acceptors (Lipinski definition) is 2. The zero-order valence-electron chi connectivity index (χ0n) is 19.0. The van der Waals surface area contributed by atoms with Crippen LogP contribution < -0.4 is 10.9 Å². The zero-order valence-corrected chi connectivity index (χ0v) is 19.0. The highest BCUT2D eigenvalue weighted by Gasteiger charge is 2.21. The van der Waals surface area contributed by atoms with Gasteiger partial charge in [0.15, 0.2) is 0 Å². The number of nitrogens with one attached hydrogen (secondary N) is 2. The Bertz CT molecular complexity index is 650. The van der Waals surface area contributed by atoms with Crippen LogP contribution in [0, 0.1) is 0 Å². The SMILES string of the molecule is CCCCCC=CCC=CCCCCCCCC(=O)NNC1CCc2ccccc21. The van der Waals surface area contributed by atoms with Gasteiger partial charge in [0.05, 0.1) is 6.04 Å². The fourth-order valence-corrected chi connectivity index (χ4v) is 4.03. The van der Waals surface area contributed by atoms with Gasteiger partial charge in [-0.05, 0) is 62.5 Å². The first kappa shape index (κ1) is 24.4. The lowest BCUT2D eigenvalue weighted by Crippen LogP contribution is -2.39. The number of hydrogen-bond donors (Lipinski definition) is 2. The van der Waals surface area contributed by atoms with Crippen molar-refractivity contribution in [3.8, 4) is 0 Å². The molecule has 0 aliphatic heterocycles. The van der Waals surface area contributed by atoms with Crippen LogP contribution in [0.2, 0.25) is 0 Å². The van der Waals surface area contributed by atoms with E-state index in [1.165, 1.54) is 62.5 Å². The van der Waals surface area contributed by atoms with Crippen LogP contribution in [0.25, 0.3) is 0 Å². The van der Waals surface area contributed by atoms with Crippen molar-refractivity contribution in [2.75, 3.05) is 0 Å². The Hall–Kier alpha value is -1.87. The van der Waals surface area contributed by atoms with Crippen molar-refractivity contribution in [3.63, 3.8) is 0 Å². The van der Waals surface area contributed by atoms with Crippen LogP contribution in [0.15, 0.2) is 48.6 Å². The van der Waals surface area contributed by atoms with Crippen LogP contribution in [0.3, 0.4) is 0 Å². The standard InChI is InChI=1S/C27H42N2O/c1-2-3-4-5-6-7-8-9-10-11-12-13-14-15-16-21-27(30)29-28-26-23-22-24-19-17-18-20-25(24)26/h6-7,9-10,17-20,26,28H,2-5,8,11-16,21-23H2,1H3,(H,29,30). The molecule has 0 aromatic heterocycles. The van der Waals surface area contributed by atoms with Gasteiger partial charge in [0.25, 0.3) is 0 Å². The summed E-state index contributed by atoms with van der Waals surface area (Å²) >= 11 is 0. The summed E-state index contributed by atoms with van der Waals surface area (Å²) in [4.78, 5) is 12.1. The van der Waals surface area contributed by atoms with Crippen LogP contribution in [0.5, 0.6) is 0 Å². The van der Waals surface area contributed by atoms with Gasteiger partial charge in [0.2, 0.25) is 5.91 Å². The lowest BCUT2D eigenvalue weighted by Gasteiger charge is -2.15. The van der Waals surface area contributed by atoms with E-state index in [0.717, 1.165) is 32.1 Å². The first-order valence-corrected chi connectivity index (χ1v) is 12.2. The van der Waals surface area contributed by atoms with Gasteiger partial charge in [-0.25, -0.2) is 5.43 Å². The smallest absolute Gasteiger partial charge is 0.234 e. The number of carbonyl (C=O) groups excluding carboxylic acids is 1.